The fourth-order valence-corrected chi connectivity index (χ4v) is 1.06. The Balaban J connectivity index is 3.92. The lowest BCUT2D eigenvalue weighted by Gasteiger charge is -2.17. The molecule has 0 aromatic rings. The largest absolute Gasteiger partial charge is 0.481 e. The topological polar surface area (TPSA) is 69.6 Å². The summed E-state index contributed by atoms with van der Waals surface area (Å²) in [6.07, 6.45) is -4.49. The van der Waals surface area contributed by atoms with E-state index >= 15 is 0 Å². The Morgan fingerprint density at radius 3 is 2.38 bits per heavy atom. The van der Waals surface area contributed by atoms with Gasteiger partial charge < -0.3 is 15.5 Å². The SMILES string of the molecule is CCC(O)CCNCC(C(=O)O)C(F)(F)F. The van der Waals surface area contributed by atoms with Crippen LogP contribution >= 0.6 is 0 Å². The predicted octanol–water partition coefficient (Wildman–Crippen LogP) is 1.00. The van der Waals surface area contributed by atoms with Gasteiger partial charge in [-0.1, -0.05) is 6.92 Å². The van der Waals surface area contributed by atoms with Gasteiger partial charge in [0.05, 0.1) is 6.10 Å². The molecule has 0 heterocycles. The molecule has 0 spiro atoms. The number of aliphatic hydroxyl groups excluding tert-OH is 1. The molecule has 7 heteroatoms. The van der Waals surface area contributed by atoms with Crippen LogP contribution in [0.25, 0.3) is 0 Å². The first-order valence-electron chi connectivity index (χ1n) is 4.97. The molecule has 0 aliphatic rings. The van der Waals surface area contributed by atoms with Crippen molar-refractivity contribution in [3.8, 4) is 0 Å². The van der Waals surface area contributed by atoms with Gasteiger partial charge in [0.25, 0.3) is 0 Å². The highest BCUT2D eigenvalue weighted by Gasteiger charge is 2.44. The third-order valence-electron chi connectivity index (χ3n) is 2.17. The van der Waals surface area contributed by atoms with E-state index in [1.54, 1.807) is 6.92 Å². The van der Waals surface area contributed by atoms with Gasteiger partial charge in [-0.05, 0) is 19.4 Å². The van der Waals surface area contributed by atoms with Crippen LogP contribution in [0.1, 0.15) is 19.8 Å². The number of nitrogens with one attached hydrogen (secondary N) is 1. The van der Waals surface area contributed by atoms with E-state index in [2.05, 4.69) is 5.32 Å². The number of halogens is 3. The molecule has 2 atom stereocenters. The Labute approximate surface area is 91.5 Å². The molecular formula is C9H16F3NO3. The second-order valence-corrected chi connectivity index (χ2v) is 3.49. The molecule has 3 N–H and O–H groups in total. The van der Waals surface area contributed by atoms with Crippen LogP contribution < -0.4 is 5.32 Å². The quantitative estimate of drug-likeness (QED) is 0.583. The monoisotopic (exact) mass is 243 g/mol. The second kappa shape index (κ2) is 6.70. The number of hydrogen-bond donors (Lipinski definition) is 3. The molecule has 0 rings (SSSR count). The van der Waals surface area contributed by atoms with Crippen molar-refractivity contribution in [3.05, 3.63) is 0 Å². The summed E-state index contributed by atoms with van der Waals surface area (Å²) < 4.78 is 36.5. The summed E-state index contributed by atoms with van der Waals surface area (Å²) in [5.41, 5.74) is 0. The van der Waals surface area contributed by atoms with Gasteiger partial charge in [-0.2, -0.15) is 13.2 Å². The van der Waals surface area contributed by atoms with Crippen LogP contribution in [-0.2, 0) is 4.79 Å². The van der Waals surface area contributed by atoms with Crippen LogP contribution in [0.3, 0.4) is 0 Å². The van der Waals surface area contributed by atoms with Crippen molar-refractivity contribution in [1.29, 1.82) is 0 Å². The molecule has 0 aliphatic heterocycles. The molecule has 4 nitrogen and oxygen atoms in total. The summed E-state index contributed by atoms with van der Waals surface area (Å²) in [5, 5.41) is 19.8. The van der Waals surface area contributed by atoms with Gasteiger partial charge in [-0.15, -0.1) is 0 Å². The summed E-state index contributed by atoms with van der Waals surface area (Å²) in [5.74, 6) is -4.29. The molecule has 16 heavy (non-hydrogen) atoms. The van der Waals surface area contributed by atoms with Gasteiger partial charge in [0.2, 0.25) is 0 Å². The van der Waals surface area contributed by atoms with Gasteiger partial charge in [-0.3, -0.25) is 4.79 Å². The molecule has 0 saturated heterocycles. The van der Waals surface area contributed by atoms with Crippen LogP contribution in [0.2, 0.25) is 0 Å². The number of carboxylic acid groups (broad SMARTS) is 1. The van der Waals surface area contributed by atoms with Crippen molar-refractivity contribution in [2.75, 3.05) is 13.1 Å². The number of aliphatic hydroxyl groups is 1. The van der Waals surface area contributed by atoms with Crippen LogP contribution in [0.4, 0.5) is 13.2 Å². The molecule has 0 radical (unpaired) electrons. The Morgan fingerprint density at radius 2 is 2.00 bits per heavy atom. The minimum Gasteiger partial charge on any atom is -0.481 e. The van der Waals surface area contributed by atoms with Crippen molar-refractivity contribution in [2.45, 2.75) is 32.0 Å². The Kier molecular flexibility index (Phi) is 6.35. The average molecular weight is 243 g/mol. The lowest BCUT2D eigenvalue weighted by atomic mass is 10.1. The molecular weight excluding hydrogens is 227 g/mol. The fourth-order valence-electron chi connectivity index (χ4n) is 1.06. The van der Waals surface area contributed by atoms with E-state index < -0.39 is 30.7 Å². The zero-order valence-electron chi connectivity index (χ0n) is 8.92. The van der Waals surface area contributed by atoms with Gasteiger partial charge in [0.1, 0.15) is 0 Å². The first-order valence-corrected chi connectivity index (χ1v) is 4.97. The standard InChI is InChI=1S/C9H16F3NO3/c1-2-6(14)3-4-13-5-7(8(15)16)9(10,11)12/h6-7,13-14H,2-5H2,1H3,(H,15,16). The zero-order chi connectivity index (χ0) is 12.8. The summed E-state index contributed by atoms with van der Waals surface area (Å²) in [7, 11) is 0. The van der Waals surface area contributed by atoms with Gasteiger partial charge in [0, 0.05) is 6.54 Å². The fraction of sp³-hybridized carbons (Fsp3) is 0.889. The summed E-state index contributed by atoms with van der Waals surface area (Å²) in [6.45, 7) is 1.24. The molecule has 0 aromatic carbocycles. The third-order valence-corrected chi connectivity index (χ3v) is 2.17. The van der Waals surface area contributed by atoms with Crippen LogP contribution in [-0.4, -0.2) is 41.6 Å². The van der Waals surface area contributed by atoms with E-state index in [0.717, 1.165) is 0 Å². The summed E-state index contributed by atoms with van der Waals surface area (Å²) >= 11 is 0. The molecule has 96 valence electrons. The number of alkyl halides is 3. The van der Waals surface area contributed by atoms with Gasteiger partial charge in [0.15, 0.2) is 5.92 Å². The zero-order valence-corrected chi connectivity index (χ0v) is 8.92. The number of carbonyl (C=O) groups is 1. The van der Waals surface area contributed by atoms with E-state index in [1.807, 2.05) is 0 Å². The maximum atomic E-state index is 12.2. The molecule has 2 unspecified atom stereocenters. The highest BCUT2D eigenvalue weighted by atomic mass is 19.4. The van der Waals surface area contributed by atoms with Gasteiger partial charge >= 0.3 is 12.1 Å². The lowest BCUT2D eigenvalue weighted by molar-refractivity contribution is -0.192. The van der Waals surface area contributed by atoms with E-state index in [0.29, 0.717) is 12.8 Å². The summed E-state index contributed by atoms with van der Waals surface area (Å²) in [6, 6.07) is 0. The second-order valence-electron chi connectivity index (χ2n) is 3.49. The van der Waals surface area contributed by atoms with Crippen molar-refractivity contribution in [2.24, 2.45) is 5.92 Å². The Morgan fingerprint density at radius 1 is 1.44 bits per heavy atom. The predicted molar refractivity (Wildman–Crippen MR) is 51.0 cm³/mol. The van der Waals surface area contributed by atoms with Crippen LogP contribution in [0.15, 0.2) is 0 Å². The number of carboxylic acids is 1. The minimum atomic E-state index is -4.75. The maximum absolute atomic E-state index is 12.2. The normalized spacial score (nSPS) is 15.8. The number of aliphatic carboxylic acids is 1. The van der Waals surface area contributed by atoms with Crippen LogP contribution in [0, 0.1) is 5.92 Å². The number of rotatable bonds is 7. The first kappa shape index (κ1) is 15.2. The van der Waals surface area contributed by atoms with E-state index in [1.165, 1.54) is 0 Å². The Bertz CT molecular complexity index is 221. The number of hydrogen-bond acceptors (Lipinski definition) is 3. The molecule has 0 aliphatic carbocycles. The van der Waals surface area contributed by atoms with Crippen molar-refractivity contribution >= 4 is 5.97 Å². The third kappa shape index (κ3) is 5.92. The highest BCUT2D eigenvalue weighted by Crippen LogP contribution is 2.25. The van der Waals surface area contributed by atoms with Gasteiger partial charge in [-0.25, -0.2) is 0 Å². The minimum absolute atomic E-state index is 0.162. The van der Waals surface area contributed by atoms with Crippen molar-refractivity contribution in [1.82, 2.24) is 5.32 Å². The molecule has 0 amide bonds. The van der Waals surface area contributed by atoms with Crippen molar-refractivity contribution in [3.63, 3.8) is 0 Å². The molecule has 0 aromatic heterocycles. The highest BCUT2D eigenvalue weighted by molar-refractivity contribution is 5.71. The maximum Gasteiger partial charge on any atom is 0.403 e. The van der Waals surface area contributed by atoms with E-state index in [4.69, 9.17) is 10.2 Å². The average Bonchev–Trinajstić information content (AvgIpc) is 2.14. The summed E-state index contributed by atoms with van der Waals surface area (Å²) in [4.78, 5) is 10.3. The smallest absolute Gasteiger partial charge is 0.403 e. The van der Waals surface area contributed by atoms with Crippen LogP contribution in [0.5, 0.6) is 0 Å². The molecule has 0 saturated carbocycles. The van der Waals surface area contributed by atoms with E-state index in [9.17, 15) is 18.0 Å². The molecule has 0 fully saturated rings. The molecule has 0 bridgehead atoms. The lowest BCUT2D eigenvalue weighted by Crippen LogP contribution is -2.39. The van der Waals surface area contributed by atoms with Crippen molar-refractivity contribution < 1.29 is 28.2 Å². The first-order chi connectivity index (χ1) is 7.29. The van der Waals surface area contributed by atoms with E-state index in [-0.39, 0.29) is 6.54 Å². The Hall–Kier alpha value is -0.820.